The number of hydrogen-bond acceptors (Lipinski definition) is 7. The van der Waals surface area contributed by atoms with Gasteiger partial charge in [0.05, 0.1) is 11.4 Å². The molecule has 292 valence electrons. The van der Waals surface area contributed by atoms with Crippen LogP contribution in [0.5, 0.6) is 0 Å². The number of rotatable bonds is 8. The molecular weight excluding hydrogens is 795 g/mol. The number of benzene rings is 8. The minimum absolute atomic E-state index is 0.632. The fraction of sp³-hybridized carbons (Fsp3) is 0. The fourth-order valence-electron chi connectivity index (χ4n) is 7.76. The van der Waals surface area contributed by atoms with Crippen LogP contribution in [0.25, 0.3) is 90.3 Å². The Labute approximate surface area is 368 Å². The highest BCUT2D eigenvalue weighted by Crippen LogP contribution is 2.54. The summed E-state index contributed by atoms with van der Waals surface area (Å²) >= 11 is 3.66. The van der Waals surface area contributed by atoms with Gasteiger partial charge in [-0.25, -0.2) is 24.9 Å². The van der Waals surface area contributed by atoms with Crippen LogP contribution in [0, 0.1) is 0 Å². The van der Waals surface area contributed by atoms with Gasteiger partial charge in [0.15, 0.2) is 23.3 Å². The maximum atomic E-state index is 5.13. The van der Waals surface area contributed by atoms with Gasteiger partial charge >= 0.3 is 0 Å². The highest BCUT2D eigenvalue weighted by molar-refractivity contribution is 8.05. The SMILES string of the molecule is c1ccc(-c2cc(-c3ccccc3)nc(-c3cccc(-c4cccc5c4Sc4c(cccc4-c4cccc(-c6nc(-c7ccccc7)nc(-c7ccccc7)n6)c4)S5)c3)n2)cc1. The molecule has 10 aromatic rings. The van der Waals surface area contributed by atoms with Gasteiger partial charge in [0, 0.05) is 53.0 Å². The molecule has 0 atom stereocenters. The van der Waals surface area contributed by atoms with Crippen molar-refractivity contribution in [3.05, 3.63) is 212 Å². The summed E-state index contributed by atoms with van der Waals surface area (Å²) in [5.41, 5.74) is 12.2. The van der Waals surface area contributed by atoms with Crippen molar-refractivity contribution >= 4 is 23.5 Å². The third kappa shape index (κ3) is 7.49. The van der Waals surface area contributed by atoms with Crippen LogP contribution >= 0.6 is 23.5 Å². The lowest BCUT2D eigenvalue weighted by Gasteiger charge is -2.23. The fourth-order valence-corrected chi connectivity index (χ4v) is 10.3. The van der Waals surface area contributed by atoms with Crippen molar-refractivity contribution < 1.29 is 0 Å². The summed E-state index contributed by atoms with van der Waals surface area (Å²) in [7, 11) is 0. The molecular formula is C55H35N5S2. The number of hydrogen-bond donors (Lipinski definition) is 0. The van der Waals surface area contributed by atoms with Crippen molar-refractivity contribution in [1.29, 1.82) is 0 Å². The molecule has 0 saturated carbocycles. The Bertz CT molecular complexity index is 2900. The third-order valence-electron chi connectivity index (χ3n) is 10.8. The second-order valence-corrected chi connectivity index (χ2v) is 17.0. The first kappa shape index (κ1) is 37.5. The summed E-state index contributed by atoms with van der Waals surface area (Å²) in [5.74, 6) is 2.61. The minimum Gasteiger partial charge on any atom is -0.228 e. The maximum absolute atomic E-state index is 5.13. The third-order valence-corrected chi connectivity index (χ3v) is 13.5. The van der Waals surface area contributed by atoms with Crippen molar-refractivity contribution in [2.45, 2.75) is 19.6 Å². The van der Waals surface area contributed by atoms with E-state index in [4.69, 9.17) is 24.9 Å². The molecule has 2 aromatic heterocycles. The molecule has 62 heavy (non-hydrogen) atoms. The zero-order valence-corrected chi connectivity index (χ0v) is 34.9. The van der Waals surface area contributed by atoms with Gasteiger partial charge < -0.3 is 0 Å². The largest absolute Gasteiger partial charge is 0.228 e. The molecule has 0 bridgehead atoms. The predicted octanol–water partition coefficient (Wildman–Crippen LogP) is 14.6. The average Bonchev–Trinajstić information content (AvgIpc) is 3.36. The first-order valence-electron chi connectivity index (χ1n) is 20.4. The van der Waals surface area contributed by atoms with Crippen LogP contribution in [0.4, 0.5) is 0 Å². The first-order valence-corrected chi connectivity index (χ1v) is 22.0. The van der Waals surface area contributed by atoms with E-state index in [1.54, 1.807) is 0 Å². The van der Waals surface area contributed by atoms with Crippen molar-refractivity contribution in [3.8, 4) is 90.3 Å². The summed E-state index contributed by atoms with van der Waals surface area (Å²) < 4.78 is 0. The van der Waals surface area contributed by atoms with E-state index in [0.717, 1.165) is 61.5 Å². The molecule has 5 nitrogen and oxygen atoms in total. The van der Waals surface area contributed by atoms with Crippen molar-refractivity contribution in [2.75, 3.05) is 0 Å². The van der Waals surface area contributed by atoms with Gasteiger partial charge in [-0.15, -0.1) is 0 Å². The van der Waals surface area contributed by atoms with Crippen molar-refractivity contribution in [2.24, 2.45) is 0 Å². The molecule has 8 aromatic carbocycles. The highest BCUT2D eigenvalue weighted by Gasteiger charge is 2.24. The Morgan fingerprint density at radius 3 is 1.02 bits per heavy atom. The van der Waals surface area contributed by atoms with E-state index in [0.29, 0.717) is 23.3 Å². The van der Waals surface area contributed by atoms with E-state index in [-0.39, 0.29) is 0 Å². The molecule has 3 heterocycles. The van der Waals surface area contributed by atoms with Gasteiger partial charge in [-0.1, -0.05) is 206 Å². The number of nitrogens with zero attached hydrogens (tertiary/aromatic N) is 5. The highest BCUT2D eigenvalue weighted by atomic mass is 32.2. The van der Waals surface area contributed by atoms with Crippen LogP contribution in [-0.2, 0) is 0 Å². The smallest absolute Gasteiger partial charge is 0.164 e. The van der Waals surface area contributed by atoms with Crippen LogP contribution in [0.2, 0.25) is 0 Å². The molecule has 11 rings (SSSR count). The number of fused-ring (bicyclic) bond motifs is 2. The van der Waals surface area contributed by atoms with E-state index in [9.17, 15) is 0 Å². The van der Waals surface area contributed by atoms with Gasteiger partial charge in [0.1, 0.15) is 0 Å². The quantitative estimate of drug-likeness (QED) is 0.151. The standard InChI is InChI=1S/C55H35N5S2/c1-5-17-36(18-6-1)46-35-47(37-19-7-2-8-20-37)57-54(56-46)42-27-13-25-40(33-42)44-29-15-31-48-50(44)62-51-45(30-16-32-49(51)61-48)41-26-14-28-43(34-41)55-59-52(38-21-9-3-10-22-38)58-53(60-55)39-23-11-4-12-24-39/h1-35H. The lowest BCUT2D eigenvalue weighted by Crippen LogP contribution is -2.00. The van der Waals surface area contributed by atoms with Crippen LogP contribution < -0.4 is 0 Å². The summed E-state index contributed by atoms with van der Waals surface area (Å²) in [6, 6.07) is 73.4. The molecule has 0 aliphatic carbocycles. The molecule has 7 heteroatoms. The molecule has 0 radical (unpaired) electrons. The van der Waals surface area contributed by atoms with Crippen LogP contribution in [0.15, 0.2) is 232 Å². The number of aromatic nitrogens is 5. The zero-order valence-electron chi connectivity index (χ0n) is 33.3. The lowest BCUT2D eigenvalue weighted by molar-refractivity contribution is 1.07. The van der Waals surface area contributed by atoms with Gasteiger partial charge in [0.25, 0.3) is 0 Å². The normalized spacial score (nSPS) is 11.7. The molecule has 1 aliphatic heterocycles. The Morgan fingerprint density at radius 1 is 0.242 bits per heavy atom. The van der Waals surface area contributed by atoms with E-state index in [1.807, 2.05) is 121 Å². The first-order chi connectivity index (χ1) is 30.7. The Kier molecular flexibility index (Phi) is 10.0. The van der Waals surface area contributed by atoms with Gasteiger partial charge in [-0.2, -0.15) is 0 Å². The van der Waals surface area contributed by atoms with Gasteiger partial charge in [-0.3, -0.25) is 0 Å². The second-order valence-electron chi connectivity index (χ2n) is 14.9. The average molecular weight is 830 g/mol. The molecule has 0 spiro atoms. The molecule has 0 amide bonds. The van der Waals surface area contributed by atoms with Crippen molar-refractivity contribution in [3.63, 3.8) is 0 Å². The summed E-state index contributed by atoms with van der Waals surface area (Å²) in [4.78, 5) is 30.1. The Hall–Kier alpha value is -7.45. The zero-order chi connectivity index (χ0) is 41.2. The van der Waals surface area contributed by atoms with Crippen LogP contribution in [0.1, 0.15) is 0 Å². The lowest BCUT2D eigenvalue weighted by atomic mass is 10.0. The Balaban J connectivity index is 0.965. The molecule has 0 saturated heterocycles. The van der Waals surface area contributed by atoms with Gasteiger partial charge in [-0.05, 0) is 52.6 Å². The van der Waals surface area contributed by atoms with E-state index >= 15 is 0 Å². The van der Waals surface area contributed by atoms with Crippen molar-refractivity contribution in [1.82, 2.24) is 24.9 Å². The topological polar surface area (TPSA) is 64.5 Å². The molecule has 0 N–H and O–H groups in total. The van der Waals surface area contributed by atoms with Gasteiger partial charge in [0.2, 0.25) is 0 Å². The van der Waals surface area contributed by atoms with E-state index in [1.165, 1.54) is 25.1 Å². The van der Waals surface area contributed by atoms with Crippen LogP contribution in [0.3, 0.4) is 0 Å². The molecule has 1 aliphatic rings. The van der Waals surface area contributed by atoms with E-state index in [2.05, 4.69) is 115 Å². The summed E-state index contributed by atoms with van der Waals surface area (Å²) in [6.45, 7) is 0. The monoisotopic (exact) mass is 829 g/mol. The predicted molar refractivity (Wildman–Crippen MR) is 254 cm³/mol. The van der Waals surface area contributed by atoms with Crippen LogP contribution in [-0.4, -0.2) is 24.9 Å². The minimum atomic E-state index is 0.632. The van der Waals surface area contributed by atoms with E-state index < -0.39 is 0 Å². The molecule has 0 unspecified atom stereocenters. The maximum Gasteiger partial charge on any atom is 0.164 e. The summed E-state index contributed by atoms with van der Waals surface area (Å²) in [6.07, 6.45) is 0. The molecule has 0 fully saturated rings. The second kappa shape index (κ2) is 16.5. The summed E-state index contributed by atoms with van der Waals surface area (Å²) in [5, 5.41) is 0. The Morgan fingerprint density at radius 2 is 0.581 bits per heavy atom.